The highest BCUT2D eigenvalue weighted by atomic mass is 16.5. The van der Waals surface area contributed by atoms with Crippen molar-refractivity contribution in [2.75, 3.05) is 13.2 Å². The predicted octanol–water partition coefficient (Wildman–Crippen LogP) is -1.12. The van der Waals surface area contributed by atoms with Gasteiger partial charge in [-0.2, -0.15) is 0 Å². The molecule has 2 saturated heterocycles. The van der Waals surface area contributed by atoms with Crippen LogP contribution < -0.4 is 5.43 Å². The largest absolute Gasteiger partial charge is 0.508 e. The normalized spacial score (nSPS) is 31.9. The number of ether oxygens (including phenoxy) is 2. The Kier molecular flexibility index (Phi) is 6.79. The lowest BCUT2D eigenvalue weighted by atomic mass is 9.87. The van der Waals surface area contributed by atoms with Crippen LogP contribution in [0.2, 0.25) is 0 Å². The maximum atomic E-state index is 13.3. The molecule has 5 rings (SSSR count). The fourth-order valence-corrected chi connectivity index (χ4v) is 4.83. The maximum Gasteiger partial charge on any atom is 0.197 e. The SMILES string of the molecule is O=c1cc(-c2ccc(O)cc2)oc2c([C@H]3OC[C@@H](O)[C@@H](O)[C@@H]3O)c(O)c([C@@H]3OC[C@@H](O)[C@H](O)[C@H]3O)c(O)c12. The summed E-state index contributed by atoms with van der Waals surface area (Å²) in [7, 11) is 0. The van der Waals surface area contributed by atoms with Gasteiger partial charge in [0.05, 0.1) is 24.3 Å². The van der Waals surface area contributed by atoms with E-state index in [1.807, 2.05) is 0 Å². The highest BCUT2D eigenvalue weighted by Crippen LogP contribution is 2.50. The number of phenols is 3. The quantitative estimate of drug-likeness (QED) is 0.194. The molecule has 2 aromatic carbocycles. The minimum Gasteiger partial charge on any atom is -0.508 e. The average molecular weight is 534 g/mol. The first-order valence-electron chi connectivity index (χ1n) is 11.7. The fourth-order valence-electron chi connectivity index (χ4n) is 4.83. The van der Waals surface area contributed by atoms with E-state index in [4.69, 9.17) is 13.9 Å². The van der Waals surface area contributed by atoms with E-state index in [1.165, 1.54) is 24.3 Å². The van der Waals surface area contributed by atoms with E-state index >= 15 is 0 Å². The van der Waals surface area contributed by atoms with E-state index in [1.54, 1.807) is 0 Å². The van der Waals surface area contributed by atoms with E-state index in [9.17, 15) is 50.8 Å². The second-order valence-electron chi connectivity index (χ2n) is 9.36. The number of benzene rings is 2. The Bertz CT molecular complexity index is 1400. The molecule has 2 aliphatic rings. The van der Waals surface area contributed by atoms with Crippen molar-refractivity contribution in [3.63, 3.8) is 0 Å². The van der Waals surface area contributed by atoms with Crippen LogP contribution in [0.4, 0.5) is 0 Å². The lowest BCUT2D eigenvalue weighted by Gasteiger charge is -2.38. The maximum absolute atomic E-state index is 13.3. The third-order valence-electron chi connectivity index (χ3n) is 6.92. The molecular formula is C25H26O13. The third-order valence-corrected chi connectivity index (χ3v) is 6.92. The Morgan fingerprint density at radius 2 is 1.21 bits per heavy atom. The summed E-state index contributed by atoms with van der Waals surface area (Å²) in [5.74, 6) is -1.80. The molecule has 0 radical (unpaired) electrons. The van der Waals surface area contributed by atoms with Gasteiger partial charge in [0, 0.05) is 11.6 Å². The summed E-state index contributed by atoms with van der Waals surface area (Å²) in [4.78, 5) is 13.3. The number of aliphatic hydroxyl groups excluding tert-OH is 6. The van der Waals surface area contributed by atoms with Gasteiger partial charge in [0.25, 0.3) is 0 Å². The minimum atomic E-state index is -1.85. The van der Waals surface area contributed by atoms with Gasteiger partial charge in [0.15, 0.2) is 11.0 Å². The van der Waals surface area contributed by atoms with Crippen LogP contribution in [0, 0.1) is 0 Å². The molecule has 38 heavy (non-hydrogen) atoms. The molecule has 8 atom stereocenters. The molecule has 0 amide bonds. The summed E-state index contributed by atoms with van der Waals surface area (Å²) in [6.07, 6.45) is -13.3. The van der Waals surface area contributed by atoms with Crippen LogP contribution in [0.25, 0.3) is 22.3 Å². The van der Waals surface area contributed by atoms with Crippen LogP contribution in [0.1, 0.15) is 23.3 Å². The van der Waals surface area contributed by atoms with Gasteiger partial charge < -0.3 is 59.8 Å². The molecule has 9 N–H and O–H groups in total. The van der Waals surface area contributed by atoms with Crippen molar-refractivity contribution in [1.82, 2.24) is 0 Å². The first kappa shape index (κ1) is 26.3. The van der Waals surface area contributed by atoms with Gasteiger partial charge in [-0.15, -0.1) is 0 Å². The van der Waals surface area contributed by atoms with Gasteiger partial charge in [-0.25, -0.2) is 0 Å². The number of hydrogen-bond donors (Lipinski definition) is 9. The van der Waals surface area contributed by atoms with Crippen molar-refractivity contribution in [3.05, 3.63) is 51.7 Å². The molecule has 13 heteroatoms. The summed E-state index contributed by atoms with van der Waals surface area (Å²) in [5, 5.41) is 93.1. The van der Waals surface area contributed by atoms with Gasteiger partial charge in [-0.05, 0) is 24.3 Å². The van der Waals surface area contributed by atoms with Crippen LogP contribution in [0.3, 0.4) is 0 Å². The van der Waals surface area contributed by atoms with Crippen LogP contribution >= 0.6 is 0 Å². The Hall–Kier alpha value is -3.27. The second kappa shape index (κ2) is 9.80. The molecule has 0 saturated carbocycles. The van der Waals surface area contributed by atoms with Crippen molar-refractivity contribution in [2.45, 2.75) is 48.8 Å². The van der Waals surface area contributed by atoms with Crippen molar-refractivity contribution < 1.29 is 59.8 Å². The summed E-state index contributed by atoms with van der Waals surface area (Å²) >= 11 is 0. The number of aliphatic hydroxyl groups is 6. The summed E-state index contributed by atoms with van der Waals surface area (Å²) < 4.78 is 16.8. The van der Waals surface area contributed by atoms with Gasteiger partial charge in [-0.3, -0.25) is 4.79 Å². The molecule has 204 valence electrons. The first-order chi connectivity index (χ1) is 18.0. The predicted molar refractivity (Wildman–Crippen MR) is 126 cm³/mol. The zero-order valence-electron chi connectivity index (χ0n) is 19.6. The molecule has 3 heterocycles. The molecular weight excluding hydrogens is 508 g/mol. The molecule has 0 spiro atoms. The zero-order chi connectivity index (χ0) is 27.5. The van der Waals surface area contributed by atoms with Crippen molar-refractivity contribution in [2.24, 2.45) is 0 Å². The number of aromatic hydroxyl groups is 3. The van der Waals surface area contributed by atoms with Crippen LogP contribution in [0.5, 0.6) is 17.2 Å². The summed E-state index contributed by atoms with van der Waals surface area (Å²) in [6, 6.07) is 6.60. The van der Waals surface area contributed by atoms with Gasteiger partial charge in [-0.1, -0.05) is 0 Å². The van der Waals surface area contributed by atoms with Crippen molar-refractivity contribution in [3.8, 4) is 28.6 Å². The molecule has 3 aromatic rings. The molecule has 13 nitrogen and oxygen atoms in total. The highest BCUT2D eigenvalue weighted by molar-refractivity contribution is 5.91. The van der Waals surface area contributed by atoms with Gasteiger partial charge >= 0.3 is 0 Å². The van der Waals surface area contributed by atoms with E-state index < -0.39 is 101 Å². The number of phenolic OH excluding ortho intramolecular Hbond substituents is 3. The molecule has 2 fully saturated rings. The highest BCUT2D eigenvalue weighted by Gasteiger charge is 2.46. The monoisotopic (exact) mass is 534 g/mol. The zero-order valence-corrected chi connectivity index (χ0v) is 19.6. The Labute approximate surface area is 213 Å². The van der Waals surface area contributed by atoms with E-state index in [0.29, 0.717) is 5.56 Å². The smallest absolute Gasteiger partial charge is 0.197 e. The molecule has 2 aliphatic heterocycles. The third kappa shape index (κ3) is 4.19. The van der Waals surface area contributed by atoms with Crippen LogP contribution in [0.15, 0.2) is 39.5 Å². The molecule has 1 aromatic heterocycles. The van der Waals surface area contributed by atoms with Crippen molar-refractivity contribution in [1.29, 1.82) is 0 Å². The number of hydrogen-bond acceptors (Lipinski definition) is 13. The molecule has 0 bridgehead atoms. The topological polar surface area (TPSA) is 231 Å². The van der Waals surface area contributed by atoms with E-state index in [2.05, 4.69) is 0 Å². The van der Waals surface area contributed by atoms with Crippen LogP contribution in [-0.2, 0) is 9.47 Å². The van der Waals surface area contributed by atoms with Gasteiger partial charge in [0.2, 0.25) is 0 Å². The standard InChI is InChI=1S/C25H26O13/c26-9-3-1-8(2-4-9)13-5-10(27)14-19(32)15(24-21(34)17(30)11(28)6-36-24)20(33)16(23(14)38-13)25-22(35)18(31)12(29)7-37-25/h1-5,11-12,17-18,21-22,24-26,28-35H,6-7H2/t11-,12-,17+,18-,21-,22+,24+,25-/m1/s1. The molecule has 0 aliphatic carbocycles. The number of rotatable bonds is 3. The Balaban J connectivity index is 1.80. The van der Waals surface area contributed by atoms with Crippen molar-refractivity contribution >= 4 is 11.0 Å². The minimum absolute atomic E-state index is 0.0475. The first-order valence-corrected chi connectivity index (χ1v) is 11.7. The second-order valence-corrected chi connectivity index (χ2v) is 9.36. The van der Waals surface area contributed by atoms with E-state index in [-0.39, 0.29) is 11.5 Å². The van der Waals surface area contributed by atoms with Crippen LogP contribution in [-0.4, -0.2) is 95.8 Å². The lowest BCUT2D eigenvalue weighted by molar-refractivity contribution is -0.191. The average Bonchev–Trinajstić information content (AvgIpc) is 2.88. The number of fused-ring (bicyclic) bond motifs is 1. The fraction of sp³-hybridized carbons (Fsp3) is 0.400. The summed E-state index contributed by atoms with van der Waals surface area (Å²) in [6.45, 7) is -0.966. The summed E-state index contributed by atoms with van der Waals surface area (Å²) in [5.41, 5.74) is -1.86. The van der Waals surface area contributed by atoms with E-state index in [0.717, 1.165) is 6.07 Å². The van der Waals surface area contributed by atoms with Gasteiger partial charge in [0.1, 0.15) is 77.2 Å². The Morgan fingerprint density at radius 3 is 1.76 bits per heavy atom. The Morgan fingerprint density at radius 1 is 0.684 bits per heavy atom. The lowest BCUT2D eigenvalue weighted by Crippen LogP contribution is -2.49. The molecule has 0 unspecified atom stereocenters.